The van der Waals surface area contributed by atoms with Crippen LogP contribution in [0.3, 0.4) is 0 Å². The number of benzene rings is 2. The van der Waals surface area contributed by atoms with Gasteiger partial charge < -0.3 is 10.3 Å². The Morgan fingerprint density at radius 2 is 1.76 bits per heavy atom. The number of hydrogen-bond donors (Lipinski definition) is 1. The zero-order valence-corrected chi connectivity index (χ0v) is 11.4. The van der Waals surface area contributed by atoms with Crippen LogP contribution in [0.4, 0.5) is 14.7 Å². The van der Waals surface area contributed by atoms with Crippen molar-refractivity contribution in [3.05, 3.63) is 59.7 Å². The second kappa shape index (κ2) is 5.52. The van der Waals surface area contributed by atoms with Crippen LogP contribution in [0.5, 0.6) is 0 Å². The Balaban J connectivity index is 1.80. The standard InChI is InChI=1S/C16H15F2N3/c17-12-9-14-15(10-13(12)18)21(16(19)20-14)8-4-7-11-5-2-1-3-6-11/h1-3,5-6,9-10H,4,7-8H2,(H2,19,20). The number of imidazole rings is 1. The van der Waals surface area contributed by atoms with Crippen LogP contribution in [0.2, 0.25) is 0 Å². The van der Waals surface area contributed by atoms with E-state index in [0.29, 0.717) is 17.6 Å². The van der Waals surface area contributed by atoms with Crippen LogP contribution in [-0.2, 0) is 13.0 Å². The van der Waals surface area contributed by atoms with Crippen LogP contribution in [0, 0.1) is 11.6 Å². The predicted octanol–water partition coefficient (Wildman–Crippen LogP) is 3.53. The quantitative estimate of drug-likeness (QED) is 0.797. The summed E-state index contributed by atoms with van der Waals surface area (Å²) in [7, 11) is 0. The van der Waals surface area contributed by atoms with Gasteiger partial charge in [-0.2, -0.15) is 0 Å². The van der Waals surface area contributed by atoms with Gasteiger partial charge in [0.15, 0.2) is 11.6 Å². The van der Waals surface area contributed by atoms with Gasteiger partial charge in [-0.1, -0.05) is 30.3 Å². The molecule has 3 rings (SSSR count). The van der Waals surface area contributed by atoms with E-state index in [1.54, 1.807) is 4.57 Å². The fraction of sp³-hybridized carbons (Fsp3) is 0.188. The highest BCUT2D eigenvalue weighted by Gasteiger charge is 2.12. The van der Waals surface area contributed by atoms with Crippen molar-refractivity contribution in [2.24, 2.45) is 0 Å². The number of nitrogen functional groups attached to an aromatic ring is 1. The first-order valence-corrected chi connectivity index (χ1v) is 6.80. The molecule has 2 aromatic carbocycles. The highest BCUT2D eigenvalue weighted by molar-refractivity contribution is 5.78. The number of rotatable bonds is 4. The van der Waals surface area contributed by atoms with Crippen molar-refractivity contribution in [3.8, 4) is 0 Å². The average molecular weight is 287 g/mol. The molecule has 3 nitrogen and oxygen atoms in total. The summed E-state index contributed by atoms with van der Waals surface area (Å²) in [6.45, 7) is 0.613. The highest BCUT2D eigenvalue weighted by atomic mass is 19.2. The SMILES string of the molecule is Nc1nc2cc(F)c(F)cc2n1CCCc1ccccc1. The van der Waals surface area contributed by atoms with Crippen molar-refractivity contribution in [3.63, 3.8) is 0 Å². The van der Waals surface area contributed by atoms with Gasteiger partial charge in [0, 0.05) is 18.7 Å². The lowest BCUT2D eigenvalue weighted by molar-refractivity contribution is 0.510. The molecule has 0 atom stereocenters. The summed E-state index contributed by atoms with van der Waals surface area (Å²) in [6, 6.07) is 12.3. The van der Waals surface area contributed by atoms with E-state index in [1.807, 2.05) is 18.2 Å². The van der Waals surface area contributed by atoms with E-state index in [9.17, 15) is 8.78 Å². The summed E-state index contributed by atoms with van der Waals surface area (Å²) in [5.74, 6) is -1.51. The normalized spacial score (nSPS) is 11.1. The maximum Gasteiger partial charge on any atom is 0.201 e. The van der Waals surface area contributed by atoms with Crippen LogP contribution >= 0.6 is 0 Å². The van der Waals surface area contributed by atoms with Gasteiger partial charge in [-0.25, -0.2) is 13.8 Å². The Bertz CT molecular complexity index is 766. The Hall–Kier alpha value is -2.43. The summed E-state index contributed by atoms with van der Waals surface area (Å²) in [5, 5.41) is 0. The first kappa shape index (κ1) is 13.5. The van der Waals surface area contributed by atoms with E-state index >= 15 is 0 Å². The maximum atomic E-state index is 13.4. The van der Waals surface area contributed by atoms with Crippen molar-refractivity contribution in [1.82, 2.24) is 9.55 Å². The molecule has 0 aliphatic rings. The van der Waals surface area contributed by atoms with Crippen molar-refractivity contribution in [1.29, 1.82) is 0 Å². The number of aryl methyl sites for hydroxylation is 2. The molecule has 5 heteroatoms. The lowest BCUT2D eigenvalue weighted by atomic mass is 10.1. The Kier molecular flexibility index (Phi) is 3.56. The third kappa shape index (κ3) is 2.72. The van der Waals surface area contributed by atoms with Crippen LogP contribution in [0.15, 0.2) is 42.5 Å². The van der Waals surface area contributed by atoms with Gasteiger partial charge in [-0.05, 0) is 18.4 Å². The van der Waals surface area contributed by atoms with E-state index in [2.05, 4.69) is 17.1 Å². The molecule has 2 N–H and O–H groups in total. The third-order valence-corrected chi connectivity index (χ3v) is 3.51. The van der Waals surface area contributed by atoms with E-state index in [1.165, 1.54) is 5.56 Å². The second-order valence-corrected chi connectivity index (χ2v) is 4.97. The van der Waals surface area contributed by atoms with Crippen LogP contribution in [0.25, 0.3) is 11.0 Å². The molecular formula is C16H15F2N3. The van der Waals surface area contributed by atoms with Crippen molar-refractivity contribution in [2.45, 2.75) is 19.4 Å². The number of anilines is 1. The molecule has 0 fully saturated rings. The van der Waals surface area contributed by atoms with Gasteiger partial charge in [0.1, 0.15) is 0 Å². The fourth-order valence-electron chi connectivity index (χ4n) is 2.46. The molecule has 1 aromatic heterocycles. The predicted molar refractivity (Wildman–Crippen MR) is 78.8 cm³/mol. The van der Waals surface area contributed by atoms with Crippen molar-refractivity contribution >= 4 is 17.0 Å². The fourth-order valence-corrected chi connectivity index (χ4v) is 2.46. The summed E-state index contributed by atoms with van der Waals surface area (Å²) in [5.41, 5.74) is 7.98. The van der Waals surface area contributed by atoms with Crippen molar-refractivity contribution in [2.75, 3.05) is 5.73 Å². The molecule has 0 aliphatic heterocycles. The molecule has 0 aliphatic carbocycles. The Morgan fingerprint density at radius 1 is 1.05 bits per heavy atom. The van der Waals surface area contributed by atoms with E-state index < -0.39 is 11.6 Å². The zero-order chi connectivity index (χ0) is 14.8. The molecule has 1 heterocycles. The van der Waals surface area contributed by atoms with Gasteiger partial charge in [-0.3, -0.25) is 0 Å². The Labute approximate surface area is 121 Å². The minimum atomic E-state index is -0.906. The summed E-state index contributed by atoms with van der Waals surface area (Å²) < 4.78 is 28.3. The van der Waals surface area contributed by atoms with E-state index in [0.717, 1.165) is 25.0 Å². The third-order valence-electron chi connectivity index (χ3n) is 3.51. The summed E-state index contributed by atoms with van der Waals surface area (Å²) >= 11 is 0. The number of fused-ring (bicyclic) bond motifs is 1. The number of nitrogens with zero attached hydrogens (tertiary/aromatic N) is 2. The molecule has 0 bridgehead atoms. The molecule has 21 heavy (non-hydrogen) atoms. The molecule has 0 spiro atoms. The molecular weight excluding hydrogens is 272 g/mol. The number of nitrogens with two attached hydrogens (primary N) is 1. The largest absolute Gasteiger partial charge is 0.369 e. The molecule has 108 valence electrons. The van der Waals surface area contributed by atoms with E-state index in [4.69, 9.17) is 5.73 Å². The zero-order valence-electron chi connectivity index (χ0n) is 11.4. The number of aromatic nitrogens is 2. The minimum absolute atomic E-state index is 0.281. The van der Waals surface area contributed by atoms with Gasteiger partial charge in [-0.15, -0.1) is 0 Å². The Morgan fingerprint density at radius 3 is 2.52 bits per heavy atom. The summed E-state index contributed by atoms with van der Waals surface area (Å²) in [6.07, 6.45) is 1.74. The number of halogens is 2. The molecule has 0 saturated carbocycles. The molecule has 0 saturated heterocycles. The van der Waals surface area contributed by atoms with Gasteiger partial charge in [0.25, 0.3) is 0 Å². The van der Waals surface area contributed by atoms with Gasteiger partial charge >= 0.3 is 0 Å². The minimum Gasteiger partial charge on any atom is -0.369 e. The topological polar surface area (TPSA) is 43.8 Å². The average Bonchev–Trinajstić information content (AvgIpc) is 2.76. The molecule has 0 radical (unpaired) electrons. The number of hydrogen-bond acceptors (Lipinski definition) is 2. The lowest BCUT2D eigenvalue weighted by Gasteiger charge is -2.07. The lowest BCUT2D eigenvalue weighted by Crippen LogP contribution is -2.04. The molecule has 3 aromatic rings. The van der Waals surface area contributed by atoms with Crippen LogP contribution in [0.1, 0.15) is 12.0 Å². The van der Waals surface area contributed by atoms with Crippen molar-refractivity contribution < 1.29 is 8.78 Å². The van der Waals surface area contributed by atoms with E-state index in [-0.39, 0.29) is 5.95 Å². The first-order valence-electron chi connectivity index (χ1n) is 6.80. The van der Waals surface area contributed by atoms with Crippen LogP contribution < -0.4 is 5.73 Å². The molecule has 0 amide bonds. The molecule has 0 unspecified atom stereocenters. The highest BCUT2D eigenvalue weighted by Crippen LogP contribution is 2.21. The second-order valence-electron chi connectivity index (χ2n) is 4.97. The smallest absolute Gasteiger partial charge is 0.201 e. The van der Waals surface area contributed by atoms with Crippen LogP contribution in [-0.4, -0.2) is 9.55 Å². The monoisotopic (exact) mass is 287 g/mol. The summed E-state index contributed by atoms with van der Waals surface area (Å²) in [4.78, 5) is 4.07. The van der Waals surface area contributed by atoms with Gasteiger partial charge in [0.05, 0.1) is 11.0 Å². The maximum absolute atomic E-state index is 13.4. The first-order chi connectivity index (χ1) is 10.1. The van der Waals surface area contributed by atoms with Gasteiger partial charge in [0.2, 0.25) is 5.95 Å².